The minimum absolute atomic E-state index is 0.359. The van der Waals surface area contributed by atoms with Crippen molar-refractivity contribution in [2.45, 2.75) is 11.7 Å². The van der Waals surface area contributed by atoms with Gasteiger partial charge in [0.25, 0.3) is 0 Å². The summed E-state index contributed by atoms with van der Waals surface area (Å²) in [6.07, 6.45) is 0.359. The molecule has 0 spiro atoms. The molecule has 0 bridgehead atoms. The van der Waals surface area contributed by atoms with Crippen LogP contribution in [0.4, 0.5) is 0 Å². The van der Waals surface area contributed by atoms with Crippen molar-refractivity contribution in [3.8, 4) is 0 Å². The van der Waals surface area contributed by atoms with Crippen molar-refractivity contribution < 1.29 is 4.74 Å². The molecule has 0 amide bonds. The molecule has 0 aromatic heterocycles. The van der Waals surface area contributed by atoms with Crippen LogP contribution in [0.25, 0.3) is 0 Å². The standard InChI is InChI=1S/C3H5I2NOS/c1-6(4)2-3(7-2)8-5/h2-3H,1H3. The molecule has 8 heavy (non-hydrogen) atoms. The third-order valence-electron chi connectivity index (χ3n) is 0.868. The Kier molecular flexibility index (Phi) is 3.15. The largest absolute Gasteiger partial charge is 0.340 e. The molecule has 0 aromatic carbocycles. The van der Waals surface area contributed by atoms with Gasteiger partial charge >= 0.3 is 0 Å². The van der Waals surface area contributed by atoms with Gasteiger partial charge in [0.05, 0.1) is 0 Å². The number of ether oxygens (including phenoxy) is 1. The maximum atomic E-state index is 5.20. The topological polar surface area (TPSA) is 15.8 Å². The van der Waals surface area contributed by atoms with E-state index in [1.165, 1.54) is 0 Å². The highest BCUT2D eigenvalue weighted by atomic mass is 127. The molecule has 1 aliphatic rings. The van der Waals surface area contributed by atoms with E-state index in [1.807, 2.05) is 10.2 Å². The third kappa shape index (κ3) is 1.86. The molecule has 1 aliphatic heterocycles. The van der Waals surface area contributed by atoms with Crippen molar-refractivity contribution in [3.63, 3.8) is 0 Å². The second-order valence-corrected chi connectivity index (χ2v) is 5.20. The molecule has 1 rings (SSSR count). The molecule has 0 radical (unpaired) electrons. The van der Waals surface area contributed by atoms with Gasteiger partial charge in [-0.05, 0) is 28.3 Å². The van der Waals surface area contributed by atoms with Crippen LogP contribution in [0.3, 0.4) is 0 Å². The van der Waals surface area contributed by atoms with Crippen molar-refractivity contribution in [2.75, 3.05) is 7.05 Å². The summed E-state index contributed by atoms with van der Waals surface area (Å²) in [5.74, 6) is 0. The Balaban J connectivity index is 2.16. The normalized spacial score (nSPS) is 36.0. The number of halogens is 2. The van der Waals surface area contributed by atoms with Crippen molar-refractivity contribution in [2.24, 2.45) is 0 Å². The summed E-state index contributed by atoms with van der Waals surface area (Å²) >= 11 is 4.48. The SMILES string of the molecule is CN(I)C1OC1SI. The lowest BCUT2D eigenvalue weighted by Gasteiger charge is -1.97. The first-order chi connectivity index (χ1) is 3.75. The second kappa shape index (κ2) is 3.22. The van der Waals surface area contributed by atoms with Crippen LogP contribution in [0, 0.1) is 0 Å². The molecule has 2 unspecified atom stereocenters. The van der Waals surface area contributed by atoms with E-state index in [2.05, 4.69) is 44.1 Å². The van der Waals surface area contributed by atoms with E-state index in [4.69, 9.17) is 4.74 Å². The van der Waals surface area contributed by atoms with Crippen LogP contribution in [-0.2, 0) is 4.74 Å². The fourth-order valence-electron chi connectivity index (χ4n) is 0.409. The molecule has 48 valence electrons. The summed E-state index contributed by atoms with van der Waals surface area (Å²) in [6.45, 7) is 0. The Morgan fingerprint density at radius 1 is 1.75 bits per heavy atom. The smallest absolute Gasteiger partial charge is 0.157 e. The van der Waals surface area contributed by atoms with Gasteiger partial charge in [-0.2, -0.15) is 0 Å². The fraction of sp³-hybridized carbons (Fsp3) is 1.00. The lowest BCUT2D eigenvalue weighted by atomic mass is 10.8. The monoisotopic (exact) mass is 357 g/mol. The number of rotatable bonds is 2. The molecule has 2 nitrogen and oxygen atoms in total. The van der Waals surface area contributed by atoms with Crippen molar-refractivity contribution in [3.05, 3.63) is 0 Å². The van der Waals surface area contributed by atoms with Crippen LogP contribution >= 0.6 is 53.0 Å². The molecule has 5 heteroatoms. The zero-order valence-corrected chi connectivity index (χ0v) is 9.31. The molecule has 0 aromatic rings. The van der Waals surface area contributed by atoms with E-state index in [0.29, 0.717) is 11.7 Å². The van der Waals surface area contributed by atoms with Gasteiger partial charge in [0.15, 0.2) is 11.7 Å². The first-order valence-corrected chi connectivity index (χ1v) is 6.46. The number of nitrogens with zero attached hydrogens (tertiary/aromatic N) is 1. The summed E-state index contributed by atoms with van der Waals surface area (Å²) in [6, 6.07) is 0. The summed E-state index contributed by atoms with van der Waals surface area (Å²) in [4.78, 5) is 0. The van der Waals surface area contributed by atoms with E-state index in [0.717, 1.165) is 0 Å². The lowest BCUT2D eigenvalue weighted by molar-refractivity contribution is 0.328. The molecule has 0 saturated carbocycles. The van der Waals surface area contributed by atoms with Crippen LogP contribution in [0.15, 0.2) is 0 Å². The Bertz CT molecular complexity index is 91.4. The maximum absolute atomic E-state index is 5.20. The third-order valence-corrected chi connectivity index (χ3v) is 3.44. The summed E-state index contributed by atoms with van der Waals surface area (Å²) < 4.78 is 7.25. The quantitative estimate of drug-likeness (QED) is 0.428. The Labute approximate surface area is 78.8 Å². The Morgan fingerprint density at radius 2 is 2.38 bits per heavy atom. The van der Waals surface area contributed by atoms with Gasteiger partial charge in [0.1, 0.15) is 0 Å². The van der Waals surface area contributed by atoms with E-state index < -0.39 is 0 Å². The Hall–Kier alpha value is 1.73. The van der Waals surface area contributed by atoms with Gasteiger partial charge in [0.2, 0.25) is 0 Å². The molecule has 2 atom stereocenters. The molecular weight excluding hydrogens is 352 g/mol. The van der Waals surface area contributed by atoms with Crippen LogP contribution in [0.5, 0.6) is 0 Å². The van der Waals surface area contributed by atoms with Crippen LogP contribution in [0.2, 0.25) is 0 Å². The van der Waals surface area contributed by atoms with Crippen LogP contribution in [0.1, 0.15) is 0 Å². The predicted molar refractivity (Wildman–Crippen MR) is 52.1 cm³/mol. The van der Waals surface area contributed by atoms with E-state index in [-0.39, 0.29) is 0 Å². The van der Waals surface area contributed by atoms with E-state index in [9.17, 15) is 0 Å². The summed E-state index contributed by atoms with van der Waals surface area (Å²) in [5.41, 5.74) is 0.414. The Morgan fingerprint density at radius 3 is 2.50 bits per heavy atom. The van der Waals surface area contributed by atoms with E-state index >= 15 is 0 Å². The highest BCUT2D eigenvalue weighted by Gasteiger charge is 2.41. The van der Waals surface area contributed by atoms with Crippen LogP contribution < -0.4 is 0 Å². The zero-order valence-electron chi connectivity index (χ0n) is 4.17. The fourth-order valence-corrected chi connectivity index (χ4v) is 2.59. The highest BCUT2D eigenvalue weighted by Crippen LogP contribution is 2.39. The number of hydrogen-bond acceptors (Lipinski definition) is 3. The average Bonchev–Trinajstić information content (AvgIpc) is 2.42. The maximum Gasteiger partial charge on any atom is 0.157 e. The van der Waals surface area contributed by atoms with Gasteiger partial charge in [-0.15, -0.1) is 0 Å². The molecule has 1 heterocycles. The van der Waals surface area contributed by atoms with Gasteiger partial charge < -0.3 is 4.74 Å². The number of likely N-dealkylation sites (N-methyl/N-ethyl adjacent to an activating group) is 1. The molecule has 0 N–H and O–H groups in total. The van der Waals surface area contributed by atoms with Gasteiger partial charge in [0, 0.05) is 22.9 Å². The average molecular weight is 357 g/mol. The molecule has 1 saturated heterocycles. The second-order valence-electron chi connectivity index (χ2n) is 1.51. The number of epoxide rings is 1. The summed E-state index contributed by atoms with van der Waals surface area (Å²) in [5, 5.41) is 0. The van der Waals surface area contributed by atoms with Crippen molar-refractivity contribution in [1.29, 1.82) is 0 Å². The first-order valence-electron chi connectivity index (χ1n) is 2.07. The van der Waals surface area contributed by atoms with Crippen molar-refractivity contribution >= 4 is 53.0 Å². The lowest BCUT2D eigenvalue weighted by Crippen LogP contribution is -2.08. The van der Waals surface area contributed by atoms with E-state index in [1.54, 1.807) is 8.93 Å². The minimum Gasteiger partial charge on any atom is -0.340 e. The van der Waals surface area contributed by atoms with Crippen molar-refractivity contribution in [1.82, 2.24) is 3.11 Å². The van der Waals surface area contributed by atoms with Gasteiger partial charge in [-0.3, -0.25) is 0 Å². The van der Waals surface area contributed by atoms with Crippen LogP contribution in [-0.4, -0.2) is 21.8 Å². The zero-order chi connectivity index (χ0) is 6.15. The van der Waals surface area contributed by atoms with Gasteiger partial charge in [-0.25, -0.2) is 3.11 Å². The highest BCUT2D eigenvalue weighted by molar-refractivity contribution is 14.2. The summed E-state index contributed by atoms with van der Waals surface area (Å²) in [7, 11) is 3.74. The minimum atomic E-state index is 0.359. The molecule has 0 aliphatic carbocycles. The first kappa shape index (κ1) is 7.83. The molecular formula is C3H5I2NOS. The van der Waals surface area contributed by atoms with Gasteiger partial charge in [-0.1, -0.05) is 8.93 Å². The predicted octanol–water partition coefficient (Wildman–Crippen LogP) is 2.03. The molecule has 1 fully saturated rings. The number of hydrogen-bond donors (Lipinski definition) is 0.